The topological polar surface area (TPSA) is 123 Å². The molecule has 0 aliphatic heterocycles. The zero-order valence-corrected chi connectivity index (χ0v) is 18.1. The van der Waals surface area contributed by atoms with Gasteiger partial charge in [0, 0.05) is 30.7 Å². The van der Waals surface area contributed by atoms with Crippen molar-refractivity contribution in [1.29, 1.82) is 0 Å². The van der Waals surface area contributed by atoms with E-state index in [1.807, 2.05) is 25.4 Å². The number of anilines is 2. The van der Waals surface area contributed by atoms with E-state index < -0.39 is 0 Å². The summed E-state index contributed by atoms with van der Waals surface area (Å²) in [5.74, 6) is 1.69. The van der Waals surface area contributed by atoms with Crippen molar-refractivity contribution in [2.45, 2.75) is 57.7 Å². The summed E-state index contributed by atoms with van der Waals surface area (Å²) < 4.78 is 7.39. The van der Waals surface area contributed by atoms with Gasteiger partial charge in [0.15, 0.2) is 28.5 Å². The number of nitrogens with zero attached hydrogens (tertiary/aromatic N) is 4. The molecule has 2 heterocycles. The first-order valence-electron chi connectivity index (χ1n) is 10.9. The average molecular weight is 426 g/mol. The molecule has 0 bridgehead atoms. The second-order valence-corrected chi connectivity index (χ2v) is 8.19. The predicted molar refractivity (Wildman–Crippen MR) is 122 cm³/mol. The summed E-state index contributed by atoms with van der Waals surface area (Å²) in [7, 11) is 1.54. The number of aromatic hydroxyl groups is 1. The minimum atomic E-state index is -0.0207. The van der Waals surface area contributed by atoms with Crippen LogP contribution in [0.4, 0.5) is 11.8 Å². The minimum Gasteiger partial charge on any atom is -0.504 e. The van der Waals surface area contributed by atoms with E-state index >= 15 is 0 Å². The van der Waals surface area contributed by atoms with E-state index in [9.17, 15) is 5.11 Å². The molecule has 166 valence electrons. The van der Waals surface area contributed by atoms with Crippen LogP contribution in [0.2, 0.25) is 0 Å². The molecule has 4 rings (SSSR count). The Bertz CT molecular complexity index is 1030. The monoisotopic (exact) mass is 425 g/mol. The molecular formula is C22H31N7O2. The number of phenols is 1. The molecule has 0 spiro atoms. The normalized spacial score (nSPS) is 15.7. The number of hydrogen-bond acceptors (Lipinski definition) is 8. The van der Waals surface area contributed by atoms with Gasteiger partial charge in [-0.15, -0.1) is 0 Å². The van der Waals surface area contributed by atoms with E-state index in [1.54, 1.807) is 6.07 Å². The van der Waals surface area contributed by atoms with Crippen LogP contribution in [0.1, 0.15) is 50.6 Å². The van der Waals surface area contributed by atoms with Gasteiger partial charge in [-0.05, 0) is 25.8 Å². The van der Waals surface area contributed by atoms with Crippen LogP contribution in [0.5, 0.6) is 11.5 Å². The Kier molecular flexibility index (Phi) is 6.41. The van der Waals surface area contributed by atoms with Gasteiger partial charge in [0.05, 0.1) is 13.4 Å². The molecule has 0 amide bonds. The maximum atomic E-state index is 10.4. The standard InChI is InChI=1S/C22H31N7O2/c1-14(23)11-25-22-27-20(24-12-15-7-6-10-17(31-2)19(15)30)18-21(28-22)29(13-26-18)16-8-4-3-5-9-16/h6-7,10,13-14,16,30H,3-5,8-9,11-12,23H2,1-2H3,(H2,24,25,27,28). The van der Waals surface area contributed by atoms with Gasteiger partial charge in [0.25, 0.3) is 0 Å². The molecule has 1 aliphatic rings. The number of phenolic OH excluding ortho intramolecular Hbond substituents is 1. The zero-order chi connectivity index (χ0) is 21.8. The van der Waals surface area contributed by atoms with Crippen LogP contribution in [-0.2, 0) is 6.54 Å². The third-order valence-electron chi connectivity index (χ3n) is 5.72. The number of nitrogens with two attached hydrogens (primary N) is 1. The number of benzene rings is 1. The van der Waals surface area contributed by atoms with Crippen molar-refractivity contribution in [1.82, 2.24) is 19.5 Å². The molecule has 0 saturated heterocycles. The van der Waals surface area contributed by atoms with Gasteiger partial charge >= 0.3 is 0 Å². The van der Waals surface area contributed by atoms with Crippen LogP contribution >= 0.6 is 0 Å². The molecule has 2 aromatic heterocycles. The fourth-order valence-corrected chi connectivity index (χ4v) is 4.05. The van der Waals surface area contributed by atoms with Gasteiger partial charge in [0.1, 0.15) is 0 Å². The van der Waals surface area contributed by atoms with E-state index in [4.69, 9.17) is 15.5 Å². The summed E-state index contributed by atoms with van der Waals surface area (Å²) in [4.78, 5) is 14.0. The molecule has 1 fully saturated rings. The number of rotatable bonds is 8. The summed E-state index contributed by atoms with van der Waals surface area (Å²) in [6.45, 7) is 2.87. The number of hydrogen-bond donors (Lipinski definition) is 4. The van der Waals surface area contributed by atoms with Crippen molar-refractivity contribution >= 4 is 22.9 Å². The Morgan fingerprint density at radius 3 is 2.77 bits per heavy atom. The first kappa shape index (κ1) is 21.2. The largest absolute Gasteiger partial charge is 0.504 e. The lowest BCUT2D eigenvalue weighted by Gasteiger charge is -2.23. The van der Waals surface area contributed by atoms with Crippen molar-refractivity contribution in [2.24, 2.45) is 5.73 Å². The number of imidazole rings is 1. The molecule has 1 atom stereocenters. The summed E-state index contributed by atoms with van der Waals surface area (Å²) in [5.41, 5.74) is 8.15. The first-order valence-corrected chi connectivity index (χ1v) is 10.9. The number of fused-ring (bicyclic) bond motifs is 1. The molecule has 1 aliphatic carbocycles. The number of para-hydroxylation sites is 1. The summed E-state index contributed by atoms with van der Waals surface area (Å²) in [6.07, 6.45) is 7.89. The highest BCUT2D eigenvalue weighted by Crippen LogP contribution is 2.33. The van der Waals surface area contributed by atoms with Gasteiger partial charge < -0.3 is 30.8 Å². The average Bonchev–Trinajstić information content (AvgIpc) is 3.21. The van der Waals surface area contributed by atoms with E-state index in [0.717, 1.165) is 24.0 Å². The lowest BCUT2D eigenvalue weighted by molar-refractivity contribution is 0.358. The molecule has 9 heteroatoms. The van der Waals surface area contributed by atoms with Gasteiger partial charge in [-0.25, -0.2) is 4.98 Å². The fourth-order valence-electron chi connectivity index (χ4n) is 4.05. The van der Waals surface area contributed by atoms with Crippen LogP contribution in [0.25, 0.3) is 11.2 Å². The van der Waals surface area contributed by atoms with E-state index in [2.05, 4.69) is 25.2 Å². The van der Waals surface area contributed by atoms with Crippen LogP contribution in [0.15, 0.2) is 24.5 Å². The second-order valence-electron chi connectivity index (χ2n) is 8.19. The smallest absolute Gasteiger partial charge is 0.226 e. The molecule has 1 aromatic carbocycles. The highest BCUT2D eigenvalue weighted by molar-refractivity contribution is 5.84. The lowest BCUT2D eigenvalue weighted by atomic mass is 9.95. The van der Waals surface area contributed by atoms with Gasteiger partial charge in [0.2, 0.25) is 5.95 Å². The van der Waals surface area contributed by atoms with Gasteiger partial charge in [-0.2, -0.15) is 9.97 Å². The molecule has 3 aromatic rings. The number of methoxy groups -OCH3 is 1. The summed E-state index contributed by atoms with van der Waals surface area (Å²) >= 11 is 0. The lowest BCUT2D eigenvalue weighted by Crippen LogP contribution is -2.26. The number of nitrogens with one attached hydrogen (secondary N) is 2. The summed E-state index contributed by atoms with van der Waals surface area (Å²) in [6, 6.07) is 5.80. The quantitative estimate of drug-likeness (QED) is 0.433. The van der Waals surface area contributed by atoms with Crippen molar-refractivity contribution in [2.75, 3.05) is 24.3 Å². The second kappa shape index (κ2) is 9.38. The third-order valence-corrected chi connectivity index (χ3v) is 5.72. The van der Waals surface area contributed by atoms with E-state index in [1.165, 1.54) is 26.4 Å². The van der Waals surface area contributed by atoms with Crippen LogP contribution in [0, 0.1) is 0 Å². The number of ether oxygens (including phenoxy) is 1. The van der Waals surface area contributed by atoms with Crippen LogP contribution in [-0.4, -0.2) is 44.3 Å². The Balaban J connectivity index is 1.66. The molecule has 5 N–H and O–H groups in total. The first-order chi connectivity index (χ1) is 15.1. The highest BCUT2D eigenvalue weighted by Gasteiger charge is 2.21. The van der Waals surface area contributed by atoms with Crippen molar-refractivity contribution in [3.05, 3.63) is 30.1 Å². The zero-order valence-electron chi connectivity index (χ0n) is 18.1. The third kappa shape index (κ3) is 4.66. The molecular weight excluding hydrogens is 394 g/mol. The molecule has 1 unspecified atom stereocenters. The molecule has 31 heavy (non-hydrogen) atoms. The SMILES string of the molecule is COc1cccc(CNc2nc(NCC(C)N)nc3c2ncn3C2CCCCC2)c1O. The van der Waals surface area contributed by atoms with Crippen LogP contribution in [0.3, 0.4) is 0 Å². The van der Waals surface area contributed by atoms with Crippen molar-refractivity contribution in [3.8, 4) is 11.5 Å². The Morgan fingerprint density at radius 2 is 2.03 bits per heavy atom. The maximum absolute atomic E-state index is 10.4. The van der Waals surface area contributed by atoms with Crippen LogP contribution < -0.4 is 21.1 Å². The summed E-state index contributed by atoms with van der Waals surface area (Å²) in [5, 5.41) is 17.0. The maximum Gasteiger partial charge on any atom is 0.226 e. The van der Waals surface area contributed by atoms with E-state index in [-0.39, 0.29) is 11.8 Å². The Hall–Kier alpha value is -3.07. The van der Waals surface area contributed by atoms with Gasteiger partial charge in [-0.3, -0.25) is 0 Å². The van der Waals surface area contributed by atoms with Gasteiger partial charge in [-0.1, -0.05) is 31.4 Å². The van der Waals surface area contributed by atoms with Crippen molar-refractivity contribution in [3.63, 3.8) is 0 Å². The molecule has 1 saturated carbocycles. The predicted octanol–water partition coefficient (Wildman–Crippen LogP) is 3.42. The molecule has 0 radical (unpaired) electrons. The van der Waals surface area contributed by atoms with E-state index in [0.29, 0.717) is 42.2 Å². The Labute approximate surface area is 182 Å². The molecule has 9 nitrogen and oxygen atoms in total. The fraction of sp³-hybridized carbons (Fsp3) is 0.500. The minimum absolute atomic E-state index is 0.0207. The Morgan fingerprint density at radius 1 is 1.23 bits per heavy atom. The van der Waals surface area contributed by atoms with Crippen molar-refractivity contribution < 1.29 is 9.84 Å². The highest BCUT2D eigenvalue weighted by atomic mass is 16.5. The number of aromatic nitrogens is 4.